The Kier molecular flexibility index (Phi) is 5.64. The Balaban J connectivity index is 1.55. The van der Waals surface area contributed by atoms with E-state index in [1.807, 2.05) is 65.4 Å². The van der Waals surface area contributed by atoms with Gasteiger partial charge in [-0.1, -0.05) is 40.2 Å². The summed E-state index contributed by atoms with van der Waals surface area (Å²) in [5.41, 5.74) is 4.35. The third-order valence-corrected chi connectivity index (χ3v) is 3.86. The summed E-state index contributed by atoms with van der Waals surface area (Å²) < 4.78 is 8.28. The van der Waals surface area contributed by atoms with Crippen molar-refractivity contribution in [3.63, 3.8) is 0 Å². The molecule has 0 aliphatic heterocycles. The van der Waals surface area contributed by atoms with Crippen LogP contribution in [-0.4, -0.2) is 23.3 Å². The number of rotatable bonds is 6. The summed E-state index contributed by atoms with van der Waals surface area (Å²) in [4.78, 5) is 11.8. The van der Waals surface area contributed by atoms with Crippen molar-refractivity contribution in [3.8, 4) is 11.4 Å². The van der Waals surface area contributed by atoms with Crippen LogP contribution in [0.15, 0.2) is 82.5 Å². The molecule has 25 heavy (non-hydrogen) atoms. The maximum atomic E-state index is 11.8. The number of hydrazone groups is 1. The molecule has 0 unspecified atom stereocenters. The molecule has 1 aromatic heterocycles. The minimum Gasteiger partial charge on any atom is -0.484 e. The first kappa shape index (κ1) is 17.0. The smallest absolute Gasteiger partial charge is 0.277 e. The number of hydrogen-bond donors (Lipinski definition) is 1. The van der Waals surface area contributed by atoms with Crippen molar-refractivity contribution in [3.05, 3.63) is 83.1 Å². The van der Waals surface area contributed by atoms with E-state index in [0.717, 1.165) is 15.9 Å². The van der Waals surface area contributed by atoms with Gasteiger partial charge < -0.3 is 9.30 Å². The fourth-order valence-electron chi connectivity index (χ4n) is 2.23. The lowest BCUT2D eigenvalue weighted by Gasteiger charge is -2.06. The van der Waals surface area contributed by atoms with E-state index < -0.39 is 0 Å². The second-order valence-corrected chi connectivity index (χ2v) is 6.09. The maximum absolute atomic E-state index is 11.8. The summed E-state index contributed by atoms with van der Waals surface area (Å²) in [5, 5.41) is 4.00. The highest BCUT2D eigenvalue weighted by molar-refractivity contribution is 9.10. The van der Waals surface area contributed by atoms with E-state index in [2.05, 4.69) is 26.5 Å². The van der Waals surface area contributed by atoms with Crippen molar-refractivity contribution < 1.29 is 9.53 Å². The first-order valence-electron chi connectivity index (χ1n) is 7.65. The first-order valence-corrected chi connectivity index (χ1v) is 8.45. The van der Waals surface area contributed by atoms with Crippen LogP contribution in [0.5, 0.6) is 5.75 Å². The average molecular weight is 398 g/mol. The predicted molar refractivity (Wildman–Crippen MR) is 101 cm³/mol. The Bertz CT molecular complexity index is 875. The molecule has 0 aliphatic carbocycles. The van der Waals surface area contributed by atoms with Crippen LogP contribution in [-0.2, 0) is 4.79 Å². The van der Waals surface area contributed by atoms with Crippen LogP contribution >= 0.6 is 15.9 Å². The molecule has 3 aromatic rings. The number of amides is 1. The van der Waals surface area contributed by atoms with Crippen LogP contribution in [0, 0.1) is 0 Å². The second kappa shape index (κ2) is 8.30. The van der Waals surface area contributed by atoms with Gasteiger partial charge in [-0.25, -0.2) is 5.43 Å². The van der Waals surface area contributed by atoms with Crippen LogP contribution < -0.4 is 10.2 Å². The van der Waals surface area contributed by atoms with Crippen LogP contribution in [0.2, 0.25) is 0 Å². The normalized spacial score (nSPS) is 10.8. The highest BCUT2D eigenvalue weighted by Crippen LogP contribution is 2.17. The molecule has 2 aromatic carbocycles. The van der Waals surface area contributed by atoms with Gasteiger partial charge in [0.05, 0.1) is 11.9 Å². The number of para-hydroxylation sites is 1. The number of hydrogen-bond acceptors (Lipinski definition) is 3. The molecule has 3 rings (SSSR count). The van der Waals surface area contributed by atoms with E-state index in [9.17, 15) is 4.79 Å². The minimum absolute atomic E-state index is 0.104. The maximum Gasteiger partial charge on any atom is 0.277 e. The van der Waals surface area contributed by atoms with E-state index >= 15 is 0 Å². The van der Waals surface area contributed by atoms with Crippen molar-refractivity contribution >= 4 is 28.1 Å². The summed E-state index contributed by atoms with van der Waals surface area (Å²) in [6.45, 7) is -0.104. The molecule has 0 saturated carbocycles. The van der Waals surface area contributed by atoms with Gasteiger partial charge in [0, 0.05) is 16.4 Å². The Morgan fingerprint density at radius 3 is 2.76 bits per heavy atom. The third-order valence-electron chi connectivity index (χ3n) is 3.37. The van der Waals surface area contributed by atoms with Gasteiger partial charge in [-0.15, -0.1) is 0 Å². The van der Waals surface area contributed by atoms with Gasteiger partial charge in [0.1, 0.15) is 5.75 Å². The van der Waals surface area contributed by atoms with Crippen molar-refractivity contribution in [1.29, 1.82) is 0 Å². The number of benzene rings is 2. The molecule has 0 bridgehead atoms. The third kappa shape index (κ3) is 4.81. The summed E-state index contributed by atoms with van der Waals surface area (Å²) in [7, 11) is 0. The monoisotopic (exact) mass is 397 g/mol. The zero-order valence-corrected chi connectivity index (χ0v) is 14.9. The van der Waals surface area contributed by atoms with Gasteiger partial charge in [0.25, 0.3) is 5.91 Å². The molecular weight excluding hydrogens is 382 g/mol. The molecule has 126 valence electrons. The second-order valence-electron chi connectivity index (χ2n) is 5.18. The molecule has 0 radical (unpaired) electrons. The van der Waals surface area contributed by atoms with Gasteiger partial charge in [0.15, 0.2) is 6.61 Å². The Labute approximate surface area is 154 Å². The van der Waals surface area contributed by atoms with Gasteiger partial charge >= 0.3 is 0 Å². The van der Waals surface area contributed by atoms with Crippen LogP contribution in [0.4, 0.5) is 0 Å². The number of aromatic nitrogens is 1. The van der Waals surface area contributed by atoms with Crippen LogP contribution in [0.25, 0.3) is 5.69 Å². The van der Waals surface area contributed by atoms with Crippen molar-refractivity contribution in [2.45, 2.75) is 0 Å². The predicted octanol–water partition coefficient (Wildman–Crippen LogP) is 3.77. The van der Waals surface area contributed by atoms with Gasteiger partial charge in [-0.2, -0.15) is 5.10 Å². The Morgan fingerprint density at radius 1 is 1.12 bits per heavy atom. The molecule has 0 saturated heterocycles. The van der Waals surface area contributed by atoms with Crippen molar-refractivity contribution in [2.75, 3.05) is 6.61 Å². The van der Waals surface area contributed by atoms with E-state index in [0.29, 0.717) is 5.75 Å². The molecule has 0 fully saturated rings. The summed E-state index contributed by atoms with van der Waals surface area (Å²) in [6, 6.07) is 21.1. The lowest BCUT2D eigenvalue weighted by molar-refractivity contribution is -0.123. The Morgan fingerprint density at radius 2 is 1.96 bits per heavy atom. The van der Waals surface area contributed by atoms with Crippen molar-refractivity contribution in [1.82, 2.24) is 9.99 Å². The SMILES string of the molecule is O=C(COc1cccc(Br)c1)N/N=C/c1cccn1-c1ccccc1. The molecule has 0 atom stereocenters. The molecule has 1 heterocycles. The van der Waals surface area contributed by atoms with Crippen molar-refractivity contribution in [2.24, 2.45) is 5.10 Å². The summed E-state index contributed by atoms with van der Waals surface area (Å²) >= 11 is 3.35. The number of carbonyl (C=O) groups is 1. The van der Waals surface area contributed by atoms with Gasteiger partial charge in [0.2, 0.25) is 0 Å². The standard InChI is InChI=1S/C19H16BrN3O2/c20-15-6-4-10-18(12-15)25-14-19(24)22-21-13-17-9-5-11-23(17)16-7-2-1-3-8-16/h1-13H,14H2,(H,22,24)/b21-13+. The number of halogens is 1. The molecule has 0 spiro atoms. The van der Waals surface area contributed by atoms with E-state index in [1.165, 1.54) is 0 Å². The topological polar surface area (TPSA) is 55.6 Å². The highest BCUT2D eigenvalue weighted by Gasteiger charge is 2.03. The number of ether oxygens (including phenoxy) is 1. The number of carbonyl (C=O) groups excluding carboxylic acids is 1. The average Bonchev–Trinajstić information content (AvgIpc) is 3.09. The fraction of sp³-hybridized carbons (Fsp3) is 0.0526. The number of nitrogens with zero attached hydrogens (tertiary/aromatic N) is 2. The lowest BCUT2D eigenvalue weighted by Crippen LogP contribution is -2.24. The van der Waals surface area contributed by atoms with E-state index in [4.69, 9.17) is 4.74 Å². The Hall–Kier alpha value is -2.86. The first-order chi connectivity index (χ1) is 12.2. The summed E-state index contributed by atoms with van der Waals surface area (Å²) in [6.07, 6.45) is 3.54. The van der Waals surface area contributed by atoms with E-state index in [1.54, 1.807) is 18.3 Å². The zero-order chi connectivity index (χ0) is 17.5. The molecule has 6 heteroatoms. The molecule has 0 aliphatic rings. The van der Waals surface area contributed by atoms with E-state index in [-0.39, 0.29) is 12.5 Å². The van der Waals surface area contributed by atoms with Crippen LogP contribution in [0.1, 0.15) is 5.69 Å². The largest absolute Gasteiger partial charge is 0.484 e. The lowest BCUT2D eigenvalue weighted by atomic mass is 10.3. The molecule has 1 amide bonds. The fourth-order valence-corrected chi connectivity index (χ4v) is 2.61. The quantitative estimate of drug-likeness (QED) is 0.508. The number of nitrogens with one attached hydrogen (secondary N) is 1. The zero-order valence-electron chi connectivity index (χ0n) is 13.3. The molecule has 5 nitrogen and oxygen atoms in total. The van der Waals surface area contributed by atoms with Gasteiger partial charge in [-0.3, -0.25) is 4.79 Å². The van der Waals surface area contributed by atoms with Gasteiger partial charge in [-0.05, 0) is 42.5 Å². The summed E-state index contributed by atoms with van der Waals surface area (Å²) in [5.74, 6) is 0.292. The van der Waals surface area contributed by atoms with Crippen LogP contribution in [0.3, 0.4) is 0 Å². The highest BCUT2D eigenvalue weighted by atomic mass is 79.9. The molecule has 1 N–H and O–H groups in total. The minimum atomic E-state index is -0.325. The molecular formula is C19H16BrN3O2.